The highest BCUT2D eigenvalue weighted by molar-refractivity contribution is 5.95. The number of carbonyl (C=O) groups excluding carboxylic acids is 2. The summed E-state index contributed by atoms with van der Waals surface area (Å²) >= 11 is 0. The molecule has 0 radical (unpaired) electrons. The molecule has 0 aliphatic carbocycles. The predicted octanol–water partition coefficient (Wildman–Crippen LogP) is 3.55. The first-order chi connectivity index (χ1) is 14.5. The third-order valence-electron chi connectivity index (χ3n) is 6.44. The number of ether oxygens (including phenoxy) is 1. The van der Waals surface area contributed by atoms with Crippen LogP contribution in [0.1, 0.15) is 64.5 Å². The molecule has 2 aliphatic rings. The van der Waals surface area contributed by atoms with Gasteiger partial charge in [0.1, 0.15) is 11.3 Å². The van der Waals surface area contributed by atoms with Gasteiger partial charge in [0.15, 0.2) is 5.60 Å². The second-order valence-electron chi connectivity index (χ2n) is 9.20. The molecule has 7 heteroatoms. The Labute approximate surface area is 185 Å². The SMILES string of the molecule is Cc1cccc(OC(C)(C)C(=O)N2CCCC23CCCN(C(C)C)C3=O)c1C.O=CO. The van der Waals surface area contributed by atoms with Crippen molar-refractivity contribution in [1.82, 2.24) is 9.80 Å². The predicted molar refractivity (Wildman–Crippen MR) is 119 cm³/mol. The monoisotopic (exact) mass is 432 g/mol. The Morgan fingerprint density at radius 1 is 1.19 bits per heavy atom. The number of piperidine rings is 1. The van der Waals surface area contributed by atoms with Crippen molar-refractivity contribution in [3.05, 3.63) is 29.3 Å². The summed E-state index contributed by atoms with van der Waals surface area (Å²) in [6, 6.07) is 6.04. The molecule has 2 saturated heterocycles. The van der Waals surface area contributed by atoms with Crippen molar-refractivity contribution in [1.29, 1.82) is 0 Å². The highest BCUT2D eigenvalue weighted by Gasteiger charge is 2.55. The summed E-state index contributed by atoms with van der Waals surface area (Å²) in [6.45, 7) is 12.9. The summed E-state index contributed by atoms with van der Waals surface area (Å²) in [5.41, 5.74) is 0.450. The average Bonchev–Trinajstić information content (AvgIpc) is 3.11. The van der Waals surface area contributed by atoms with Crippen LogP contribution in [0.4, 0.5) is 0 Å². The van der Waals surface area contributed by atoms with E-state index in [2.05, 4.69) is 0 Å². The van der Waals surface area contributed by atoms with E-state index in [0.29, 0.717) is 6.54 Å². The molecule has 1 spiro atoms. The quantitative estimate of drug-likeness (QED) is 0.735. The number of hydrogen-bond donors (Lipinski definition) is 1. The van der Waals surface area contributed by atoms with Gasteiger partial charge >= 0.3 is 0 Å². The molecule has 1 N–H and O–H groups in total. The van der Waals surface area contributed by atoms with E-state index in [1.807, 2.05) is 69.5 Å². The van der Waals surface area contributed by atoms with Crippen LogP contribution in [0, 0.1) is 13.8 Å². The lowest BCUT2D eigenvalue weighted by molar-refractivity contribution is -0.163. The minimum absolute atomic E-state index is 0.0927. The fourth-order valence-electron chi connectivity index (χ4n) is 4.65. The lowest BCUT2D eigenvalue weighted by atomic mass is 9.84. The molecule has 0 bridgehead atoms. The number of likely N-dealkylation sites (tertiary alicyclic amines) is 2. The van der Waals surface area contributed by atoms with Gasteiger partial charge in [0.05, 0.1) is 0 Å². The van der Waals surface area contributed by atoms with Gasteiger partial charge in [0, 0.05) is 19.1 Å². The van der Waals surface area contributed by atoms with Crippen LogP contribution in [-0.4, -0.2) is 63.5 Å². The van der Waals surface area contributed by atoms with Crippen molar-refractivity contribution in [3.8, 4) is 5.75 Å². The molecule has 2 amide bonds. The molecule has 1 aromatic carbocycles. The topological polar surface area (TPSA) is 87.2 Å². The first-order valence-electron chi connectivity index (χ1n) is 11.0. The molecule has 2 aliphatic heterocycles. The van der Waals surface area contributed by atoms with Gasteiger partial charge in [-0.15, -0.1) is 0 Å². The molecule has 2 fully saturated rings. The van der Waals surface area contributed by atoms with Crippen molar-refractivity contribution in [2.45, 2.75) is 84.4 Å². The first-order valence-corrected chi connectivity index (χ1v) is 11.0. The summed E-state index contributed by atoms with van der Waals surface area (Å²) in [4.78, 5) is 39.1. The Morgan fingerprint density at radius 2 is 1.77 bits per heavy atom. The van der Waals surface area contributed by atoms with Gasteiger partial charge in [0.2, 0.25) is 5.91 Å². The van der Waals surface area contributed by atoms with E-state index >= 15 is 0 Å². The van der Waals surface area contributed by atoms with Gasteiger partial charge < -0.3 is 19.6 Å². The lowest BCUT2D eigenvalue weighted by Gasteiger charge is -2.47. The van der Waals surface area contributed by atoms with Gasteiger partial charge in [-0.05, 0) is 84.4 Å². The van der Waals surface area contributed by atoms with E-state index in [1.165, 1.54) is 0 Å². The highest BCUT2D eigenvalue weighted by atomic mass is 16.5. The van der Waals surface area contributed by atoms with Crippen LogP contribution >= 0.6 is 0 Å². The normalized spacial score (nSPS) is 21.2. The van der Waals surface area contributed by atoms with Crippen molar-refractivity contribution >= 4 is 18.3 Å². The number of rotatable bonds is 4. The summed E-state index contributed by atoms with van der Waals surface area (Å²) < 4.78 is 6.22. The second-order valence-corrected chi connectivity index (χ2v) is 9.20. The number of nitrogens with zero attached hydrogens (tertiary/aromatic N) is 2. The third kappa shape index (κ3) is 4.86. The molecule has 1 aromatic rings. The van der Waals surface area contributed by atoms with Gasteiger partial charge in [0.25, 0.3) is 12.4 Å². The zero-order valence-electron chi connectivity index (χ0n) is 19.6. The molecule has 172 valence electrons. The molecule has 0 aromatic heterocycles. The van der Waals surface area contributed by atoms with Crippen LogP contribution < -0.4 is 4.74 Å². The van der Waals surface area contributed by atoms with Crippen molar-refractivity contribution in [2.24, 2.45) is 0 Å². The summed E-state index contributed by atoms with van der Waals surface area (Å²) in [7, 11) is 0. The molecule has 31 heavy (non-hydrogen) atoms. The Kier molecular flexibility index (Phi) is 7.73. The number of hydrogen-bond acceptors (Lipinski definition) is 4. The van der Waals surface area contributed by atoms with E-state index in [4.69, 9.17) is 14.6 Å². The Morgan fingerprint density at radius 3 is 2.35 bits per heavy atom. The third-order valence-corrected chi connectivity index (χ3v) is 6.44. The van der Waals surface area contributed by atoms with Crippen LogP contribution in [0.15, 0.2) is 18.2 Å². The number of amides is 2. The van der Waals surface area contributed by atoms with Gasteiger partial charge in [-0.1, -0.05) is 12.1 Å². The number of benzene rings is 1. The largest absolute Gasteiger partial charge is 0.483 e. The molecule has 1 unspecified atom stereocenters. The molecule has 0 saturated carbocycles. The zero-order chi connectivity index (χ0) is 23.4. The fraction of sp³-hybridized carbons (Fsp3) is 0.625. The number of carbonyl (C=O) groups is 3. The number of aryl methyl sites for hydroxylation is 1. The smallest absolute Gasteiger partial charge is 0.290 e. The van der Waals surface area contributed by atoms with Crippen molar-refractivity contribution in [3.63, 3.8) is 0 Å². The first kappa shape index (κ1) is 24.7. The Bertz CT molecular complexity index is 820. The average molecular weight is 433 g/mol. The molecule has 1 atom stereocenters. The van der Waals surface area contributed by atoms with Crippen molar-refractivity contribution in [2.75, 3.05) is 13.1 Å². The van der Waals surface area contributed by atoms with Gasteiger partial charge in [-0.25, -0.2) is 0 Å². The lowest BCUT2D eigenvalue weighted by Crippen LogP contribution is -2.65. The van der Waals surface area contributed by atoms with Crippen LogP contribution in [0.5, 0.6) is 5.75 Å². The standard InChI is InChI=1S/C23H34N2O3.CH2O2/c1-16(2)24-14-8-12-23(21(24)27)13-9-15-25(23)20(26)22(5,6)28-19-11-7-10-17(3)18(19)4;2-1-3/h7,10-11,16H,8-9,12-15H2,1-6H3;1H,(H,2,3). The molecule has 7 nitrogen and oxygen atoms in total. The van der Waals surface area contributed by atoms with Crippen LogP contribution in [0.25, 0.3) is 0 Å². The maximum Gasteiger partial charge on any atom is 0.290 e. The van der Waals surface area contributed by atoms with Crippen LogP contribution in [0.2, 0.25) is 0 Å². The van der Waals surface area contributed by atoms with Crippen LogP contribution in [-0.2, 0) is 14.4 Å². The maximum atomic E-state index is 13.6. The van der Waals surface area contributed by atoms with Gasteiger partial charge in [-0.3, -0.25) is 14.4 Å². The summed E-state index contributed by atoms with van der Waals surface area (Å²) in [5, 5.41) is 6.89. The molecule has 2 heterocycles. The van der Waals surface area contributed by atoms with Crippen LogP contribution in [0.3, 0.4) is 0 Å². The summed E-state index contributed by atoms with van der Waals surface area (Å²) in [6.07, 6.45) is 3.30. The van der Waals surface area contributed by atoms with E-state index < -0.39 is 11.1 Å². The molecular formula is C24H36N2O5. The Hall–Kier alpha value is -2.57. The van der Waals surface area contributed by atoms with Crippen molar-refractivity contribution < 1.29 is 24.2 Å². The fourth-order valence-corrected chi connectivity index (χ4v) is 4.65. The second kappa shape index (κ2) is 9.71. The molecular weight excluding hydrogens is 396 g/mol. The molecule has 3 rings (SSSR count). The highest BCUT2D eigenvalue weighted by Crippen LogP contribution is 2.40. The van der Waals surface area contributed by atoms with E-state index in [-0.39, 0.29) is 24.3 Å². The Balaban J connectivity index is 0.00000107. The van der Waals surface area contributed by atoms with E-state index in [1.54, 1.807) is 0 Å². The minimum atomic E-state index is -1.03. The minimum Gasteiger partial charge on any atom is -0.483 e. The summed E-state index contributed by atoms with van der Waals surface area (Å²) in [5.74, 6) is 0.748. The van der Waals surface area contributed by atoms with E-state index in [9.17, 15) is 9.59 Å². The van der Waals surface area contributed by atoms with E-state index in [0.717, 1.165) is 49.1 Å². The zero-order valence-corrected chi connectivity index (χ0v) is 19.6. The maximum absolute atomic E-state index is 13.6. The van der Waals surface area contributed by atoms with Gasteiger partial charge in [-0.2, -0.15) is 0 Å². The number of carboxylic acid groups (broad SMARTS) is 1.